The molecule has 0 spiro atoms. The monoisotopic (exact) mass is 433 g/mol. The molecule has 0 bridgehead atoms. The smallest absolute Gasteiger partial charge is 0.452 e. The molecule has 32 heavy (non-hydrogen) atoms. The van der Waals surface area contributed by atoms with Gasteiger partial charge in [-0.2, -0.15) is 10.9 Å². The predicted octanol–water partition coefficient (Wildman–Crippen LogP) is 4.26. The molecule has 0 saturated heterocycles. The molecule has 3 N–H and O–H groups in total. The molecule has 0 aliphatic carbocycles. The van der Waals surface area contributed by atoms with Gasteiger partial charge in [-0.05, 0) is 48.9 Å². The van der Waals surface area contributed by atoms with E-state index in [0.717, 1.165) is 5.56 Å². The summed E-state index contributed by atoms with van der Waals surface area (Å²) >= 11 is 0. The van der Waals surface area contributed by atoms with Gasteiger partial charge in [0.2, 0.25) is 0 Å². The van der Waals surface area contributed by atoms with Crippen molar-refractivity contribution < 1.29 is 23.9 Å². The van der Waals surface area contributed by atoms with E-state index in [1.165, 1.54) is 6.21 Å². The molecule has 2 amide bonds. The molecule has 0 saturated carbocycles. The minimum absolute atomic E-state index is 0.326. The second-order valence-electron chi connectivity index (χ2n) is 6.80. The number of carbonyl (C=O) groups is 2. The van der Waals surface area contributed by atoms with Crippen LogP contribution < -0.4 is 20.7 Å². The third kappa shape index (κ3) is 6.96. The molecule has 0 radical (unpaired) electrons. The van der Waals surface area contributed by atoms with Gasteiger partial charge in [-0.25, -0.2) is 4.79 Å². The van der Waals surface area contributed by atoms with E-state index >= 15 is 0 Å². The molecule has 8 heteroatoms. The number of carbonyl (C=O) groups excluding carboxylic acids is 2. The molecule has 0 fully saturated rings. The van der Waals surface area contributed by atoms with E-state index in [9.17, 15) is 9.59 Å². The lowest BCUT2D eigenvalue weighted by Gasteiger charge is -2.11. The number of rotatable bonds is 8. The number of nitrogens with zero attached hydrogens (tertiary/aromatic N) is 1. The lowest BCUT2D eigenvalue weighted by Crippen LogP contribution is -2.33. The summed E-state index contributed by atoms with van der Waals surface area (Å²) in [6.07, 6.45) is 0.291. The Morgan fingerprint density at radius 2 is 1.69 bits per heavy atom. The Kier molecular flexibility index (Phi) is 7.94. The maximum absolute atomic E-state index is 12.3. The molecule has 164 valence electrons. The van der Waals surface area contributed by atoms with E-state index in [-0.39, 0.29) is 5.91 Å². The van der Waals surface area contributed by atoms with E-state index in [4.69, 9.17) is 15.4 Å². The minimum Gasteiger partial charge on any atom is -0.489 e. The number of nitrogens with two attached hydrogens (primary N) is 1. The van der Waals surface area contributed by atoms with E-state index in [1.54, 1.807) is 37.3 Å². The highest BCUT2D eigenvalue weighted by Crippen LogP contribution is 2.26. The van der Waals surface area contributed by atoms with Gasteiger partial charge < -0.3 is 19.6 Å². The van der Waals surface area contributed by atoms with Crippen LogP contribution in [0.2, 0.25) is 0 Å². The van der Waals surface area contributed by atoms with Crippen LogP contribution in [0.1, 0.15) is 22.8 Å². The zero-order chi connectivity index (χ0) is 22.8. The summed E-state index contributed by atoms with van der Waals surface area (Å²) < 4.78 is 11.7. The number of ether oxygens (including phenoxy) is 2. The molecule has 3 aromatic rings. The number of hydrogen-bond acceptors (Lipinski definition) is 6. The van der Waals surface area contributed by atoms with Crippen molar-refractivity contribution in [2.45, 2.75) is 19.6 Å². The predicted molar refractivity (Wildman–Crippen MR) is 120 cm³/mol. The van der Waals surface area contributed by atoms with Crippen LogP contribution in [0.4, 0.5) is 4.79 Å². The Hall–Kier alpha value is -4.17. The van der Waals surface area contributed by atoms with E-state index in [0.29, 0.717) is 29.4 Å². The highest BCUT2D eigenvalue weighted by Gasteiger charge is 2.09. The summed E-state index contributed by atoms with van der Waals surface area (Å²) in [7, 11) is 0. The Balaban J connectivity index is 1.55. The van der Waals surface area contributed by atoms with Crippen molar-refractivity contribution in [2.24, 2.45) is 10.9 Å². The molecule has 3 rings (SSSR count). The number of nitrogens with one attached hydrogen (secondary N) is 1. The third-order valence-electron chi connectivity index (χ3n) is 4.27. The highest BCUT2D eigenvalue weighted by atomic mass is 16.7. The summed E-state index contributed by atoms with van der Waals surface area (Å²) in [5.74, 6) is 6.25. The first-order chi connectivity index (χ1) is 15.5. The average molecular weight is 433 g/mol. The molecule has 0 heterocycles. The summed E-state index contributed by atoms with van der Waals surface area (Å²) in [6, 6.07) is 23.4. The van der Waals surface area contributed by atoms with Crippen LogP contribution in [0.25, 0.3) is 0 Å². The molecule has 0 aliphatic heterocycles. The van der Waals surface area contributed by atoms with Crippen LogP contribution in [0.15, 0.2) is 83.9 Å². The average Bonchev–Trinajstić information content (AvgIpc) is 2.82. The first-order valence-electron chi connectivity index (χ1n) is 9.84. The summed E-state index contributed by atoms with van der Waals surface area (Å²) in [6.45, 7) is 2.13. The van der Waals surface area contributed by atoms with Crippen molar-refractivity contribution in [2.75, 3.05) is 0 Å². The van der Waals surface area contributed by atoms with E-state index in [1.807, 2.05) is 48.5 Å². The van der Waals surface area contributed by atoms with Gasteiger partial charge in [0.05, 0.1) is 6.04 Å². The van der Waals surface area contributed by atoms with E-state index < -0.39 is 12.1 Å². The van der Waals surface area contributed by atoms with E-state index in [2.05, 4.69) is 15.1 Å². The Morgan fingerprint density at radius 3 is 2.41 bits per heavy atom. The highest BCUT2D eigenvalue weighted by molar-refractivity contribution is 5.96. The zero-order valence-corrected chi connectivity index (χ0v) is 17.4. The van der Waals surface area contributed by atoms with Gasteiger partial charge in [-0.15, -0.1) is 0 Å². The van der Waals surface area contributed by atoms with Gasteiger partial charge in [0.1, 0.15) is 23.9 Å². The Morgan fingerprint density at radius 1 is 0.969 bits per heavy atom. The Labute approximate surface area is 185 Å². The maximum Gasteiger partial charge on any atom is 0.452 e. The lowest BCUT2D eigenvalue weighted by atomic mass is 10.2. The maximum atomic E-state index is 12.3. The third-order valence-corrected chi connectivity index (χ3v) is 4.27. The quantitative estimate of drug-likeness (QED) is 0.406. The molecule has 8 nitrogen and oxygen atoms in total. The lowest BCUT2D eigenvalue weighted by molar-refractivity contribution is 0.0949. The first-order valence-corrected chi connectivity index (χ1v) is 9.84. The van der Waals surface area contributed by atoms with Crippen LogP contribution in [0, 0.1) is 0 Å². The van der Waals surface area contributed by atoms with Crippen molar-refractivity contribution >= 4 is 18.2 Å². The van der Waals surface area contributed by atoms with Gasteiger partial charge in [0, 0.05) is 17.8 Å². The van der Waals surface area contributed by atoms with Crippen molar-refractivity contribution in [3.63, 3.8) is 0 Å². The molecule has 1 unspecified atom stereocenters. The van der Waals surface area contributed by atoms with Crippen molar-refractivity contribution in [1.29, 1.82) is 0 Å². The van der Waals surface area contributed by atoms with Gasteiger partial charge >= 0.3 is 6.09 Å². The van der Waals surface area contributed by atoms with Crippen molar-refractivity contribution in [1.82, 2.24) is 5.32 Å². The SMILES string of the molecule is CC(C=NC(=O)ON)NC(=O)c1ccc(Oc2cccc(OCc3ccccc3)c2)cc1. The first kappa shape index (κ1) is 22.5. The summed E-state index contributed by atoms with van der Waals surface area (Å²) in [4.78, 5) is 30.6. The number of aliphatic imine (C=N–C) groups is 1. The van der Waals surface area contributed by atoms with Crippen LogP contribution in [0.3, 0.4) is 0 Å². The second-order valence-corrected chi connectivity index (χ2v) is 6.80. The van der Waals surface area contributed by atoms with Gasteiger partial charge in [0.25, 0.3) is 5.91 Å². The standard InChI is InChI=1S/C24H23N3O5/c1-17(15-26-24(29)32-25)27-23(28)19-10-12-20(13-11-19)31-22-9-5-8-21(14-22)30-16-18-6-3-2-4-7-18/h2-15,17H,16,25H2,1H3,(H,27,28). The molecular weight excluding hydrogens is 410 g/mol. The fourth-order valence-corrected chi connectivity index (χ4v) is 2.71. The van der Waals surface area contributed by atoms with Crippen LogP contribution in [0.5, 0.6) is 17.2 Å². The molecule has 0 aliphatic rings. The number of amides is 2. The number of benzene rings is 3. The van der Waals surface area contributed by atoms with Gasteiger partial charge in [-0.3, -0.25) is 4.79 Å². The Bertz CT molecular complexity index is 1070. The zero-order valence-electron chi connectivity index (χ0n) is 17.4. The molecule has 3 aromatic carbocycles. The normalized spacial score (nSPS) is 11.6. The minimum atomic E-state index is -0.942. The van der Waals surface area contributed by atoms with Gasteiger partial charge in [0.15, 0.2) is 0 Å². The van der Waals surface area contributed by atoms with Crippen molar-refractivity contribution in [3.8, 4) is 17.2 Å². The molecule has 0 aromatic heterocycles. The van der Waals surface area contributed by atoms with Crippen LogP contribution in [-0.4, -0.2) is 24.3 Å². The van der Waals surface area contributed by atoms with Gasteiger partial charge in [-0.1, -0.05) is 36.4 Å². The van der Waals surface area contributed by atoms with Crippen LogP contribution in [-0.2, 0) is 11.4 Å². The van der Waals surface area contributed by atoms with Crippen molar-refractivity contribution in [3.05, 3.63) is 90.0 Å². The topological polar surface area (TPSA) is 112 Å². The number of hydrogen-bond donors (Lipinski definition) is 2. The fraction of sp³-hybridized carbons (Fsp3) is 0.125. The van der Waals surface area contributed by atoms with Crippen LogP contribution >= 0.6 is 0 Å². The molecular formula is C24H23N3O5. The summed E-state index contributed by atoms with van der Waals surface area (Å²) in [5.41, 5.74) is 1.51. The fourth-order valence-electron chi connectivity index (χ4n) is 2.71. The second kappa shape index (κ2) is 11.3. The summed E-state index contributed by atoms with van der Waals surface area (Å²) in [5, 5.41) is 2.69. The molecule has 1 atom stereocenters. The largest absolute Gasteiger partial charge is 0.489 e.